The van der Waals surface area contributed by atoms with E-state index in [1.807, 2.05) is 0 Å². The van der Waals surface area contributed by atoms with Crippen molar-refractivity contribution in [2.75, 3.05) is 33.9 Å². The fourth-order valence-corrected chi connectivity index (χ4v) is 1.89. The highest BCUT2D eigenvalue weighted by molar-refractivity contribution is 5.76. The number of nitrogens with two attached hydrogens (primary N) is 1. The molecule has 0 rings (SSSR count). The average Bonchev–Trinajstić information content (AvgIpc) is 2.32. The van der Waals surface area contributed by atoms with Crippen molar-refractivity contribution >= 4 is 5.91 Å². The van der Waals surface area contributed by atoms with Gasteiger partial charge in [-0.2, -0.15) is 0 Å². The van der Waals surface area contributed by atoms with Gasteiger partial charge in [0.2, 0.25) is 5.91 Å². The van der Waals surface area contributed by atoms with Crippen molar-refractivity contribution < 1.29 is 14.3 Å². The number of carbonyl (C=O) groups is 1. The van der Waals surface area contributed by atoms with E-state index in [0.717, 1.165) is 6.42 Å². The van der Waals surface area contributed by atoms with E-state index in [4.69, 9.17) is 15.2 Å². The minimum atomic E-state index is -0.0969. The number of carbonyl (C=O) groups excluding carboxylic acids is 1. The molecular formula is C13H28N2O3. The Hall–Kier alpha value is -0.650. The lowest BCUT2D eigenvalue weighted by Crippen LogP contribution is -2.37. The summed E-state index contributed by atoms with van der Waals surface area (Å²) in [6, 6.07) is 0. The van der Waals surface area contributed by atoms with E-state index in [9.17, 15) is 4.79 Å². The van der Waals surface area contributed by atoms with Crippen LogP contribution in [0.5, 0.6) is 0 Å². The molecule has 108 valence electrons. The van der Waals surface area contributed by atoms with E-state index < -0.39 is 0 Å². The summed E-state index contributed by atoms with van der Waals surface area (Å²) in [7, 11) is 3.22. The van der Waals surface area contributed by atoms with Gasteiger partial charge in [0.15, 0.2) is 0 Å². The second-order valence-electron chi connectivity index (χ2n) is 5.05. The smallest absolute Gasteiger partial charge is 0.220 e. The van der Waals surface area contributed by atoms with E-state index in [1.165, 1.54) is 0 Å². The van der Waals surface area contributed by atoms with Gasteiger partial charge < -0.3 is 20.5 Å². The lowest BCUT2D eigenvalue weighted by atomic mass is 9.94. The number of nitrogens with one attached hydrogen (secondary N) is 1. The number of methoxy groups -OCH3 is 2. The van der Waals surface area contributed by atoms with Crippen LogP contribution in [-0.4, -0.2) is 45.9 Å². The normalized spacial score (nSPS) is 14.6. The molecule has 1 amide bonds. The van der Waals surface area contributed by atoms with Crippen LogP contribution in [0.25, 0.3) is 0 Å². The summed E-state index contributed by atoms with van der Waals surface area (Å²) in [6.07, 6.45) is 1.37. The summed E-state index contributed by atoms with van der Waals surface area (Å²) < 4.78 is 10.2. The molecule has 0 aromatic heterocycles. The van der Waals surface area contributed by atoms with Crippen LogP contribution >= 0.6 is 0 Å². The van der Waals surface area contributed by atoms with Crippen molar-refractivity contribution in [3.63, 3.8) is 0 Å². The van der Waals surface area contributed by atoms with Gasteiger partial charge in [-0.05, 0) is 24.8 Å². The van der Waals surface area contributed by atoms with E-state index in [2.05, 4.69) is 19.2 Å². The third kappa shape index (κ3) is 8.44. The molecule has 0 aliphatic rings. The van der Waals surface area contributed by atoms with Gasteiger partial charge >= 0.3 is 0 Å². The first kappa shape index (κ1) is 17.4. The van der Waals surface area contributed by atoms with Gasteiger partial charge in [0.1, 0.15) is 0 Å². The number of rotatable bonds is 10. The lowest BCUT2D eigenvalue weighted by Gasteiger charge is -2.18. The second kappa shape index (κ2) is 10.3. The predicted octanol–water partition coefficient (Wildman–Crippen LogP) is 0.775. The molecule has 0 aliphatic carbocycles. The fourth-order valence-electron chi connectivity index (χ4n) is 1.89. The van der Waals surface area contributed by atoms with Crippen molar-refractivity contribution in [3.05, 3.63) is 0 Å². The molecule has 18 heavy (non-hydrogen) atoms. The van der Waals surface area contributed by atoms with E-state index in [1.54, 1.807) is 14.2 Å². The maximum atomic E-state index is 11.8. The van der Waals surface area contributed by atoms with E-state index >= 15 is 0 Å². The van der Waals surface area contributed by atoms with Crippen LogP contribution in [0.15, 0.2) is 0 Å². The molecule has 0 heterocycles. The number of amides is 1. The molecule has 0 bridgehead atoms. The highest BCUT2D eigenvalue weighted by atomic mass is 16.5. The largest absolute Gasteiger partial charge is 0.382 e. The Morgan fingerprint density at radius 2 is 2.00 bits per heavy atom. The van der Waals surface area contributed by atoms with Crippen LogP contribution in [0.2, 0.25) is 0 Å². The van der Waals surface area contributed by atoms with Gasteiger partial charge in [-0.3, -0.25) is 4.79 Å². The minimum Gasteiger partial charge on any atom is -0.382 e. The van der Waals surface area contributed by atoms with Crippen LogP contribution in [-0.2, 0) is 14.3 Å². The maximum Gasteiger partial charge on any atom is 0.220 e. The van der Waals surface area contributed by atoms with E-state index in [-0.39, 0.29) is 17.9 Å². The Balaban J connectivity index is 3.93. The summed E-state index contributed by atoms with van der Waals surface area (Å²) in [4.78, 5) is 11.8. The van der Waals surface area contributed by atoms with Crippen LogP contribution in [0.1, 0.15) is 26.7 Å². The monoisotopic (exact) mass is 260 g/mol. The van der Waals surface area contributed by atoms with E-state index in [0.29, 0.717) is 32.0 Å². The summed E-state index contributed by atoms with van der Waals surface area (Å²) in [5.41, 5.74) is 5.67. The van der Waals surface area contributed by atoms with Crippen molar-refractivity contribution in [1.29, 1.82) is 0 Å². The Bertz CT molecular complexity index is 222. The zero-order valence-corrected chi connectivity index (χ0v) is 12.1. The first-order valence-corrected chi connectivity index (χ1v) is 6.51. The summed E-state index contributed by atoms with van der Waals surface area (Å²) in [5.74, 6) is 0.851. The standard InChI is InChI=1S/C13H28N2O3/c1-10(2)5-11(7-14)6-13(16)15-8-12(18-4)9-17-3/h10-12H,5-9,14H2,1-4H3,(H,15,16)/t11-,12?/m0/s1. The van der Waals surface area contributed by atoms with Crippen molar-refractivity contribution in [2.24, 2.45) is 17.6 Å². The van der Waals surface area contributed by atoms with Crippen LogP contribution < -0.4 is 11.1 Å². The van der Waals surface area contributed by atoms with Crippen LogP contribution in [0, 0.1) is 11.8 Å². The molecule has 2 atom stereocenters. The number of hydrogen-bond donors (Lipinski definition) is 2. The third-order valence-electron chi connectivity index (χ3n) is 2.82. The minimum absolute atomic E-state index is 0.0317. The zero-order chi connectivity index (χ0) is 14.0. The van der Waals surface area contributed by atoms with Gasteiger partial charge in [-0.15, -0.1) is 0 Å². The molecule has 3 N–H and O–H groups in total. The van der Waals surface area contributed by atoms with Gasteiger partial charge in [-0.1, -0.05) is 13.8 Å². The average molecular weight is 260 g/mol. The third-order valence-corrected chi connectivity index (χ3v) is 2.82. The van der Waals surface area contributed by atoms with Gasteiger partial charge in [0.25, 0.3) is 0 Å². The van der Waals surface area contributed by atoms with Crippen molar-refractivity contribution in [1.82, 2.24) is 5.32 Å². The molecule has 0 radical (unpaired) electrons. The van der Waals surface area contributed by atoms with Crippen LogP contribution in [0.4, 0.5) is 0 Å². The van der Waals surface area contributed by atoms with Crippen LogP contribution in [0.3, 0.4) is 0 Å². The molecule has 0 fully saturated rings. The second-order valence-corrected chi connectivity index (χ2v) is 5.05. The summed E-state index contributed by atoms with van der Waals surface area (Å²) >= 11 is 0. The SMILES string of the molecule is COCC(CNC(=O)C[C@@H](CN)CC(C)C)OC. The van der Waals surface area contributed by atoms with Gasteiger partial charge in [0.05, 0.1) is 12.7 Å². The zero-order valence-electron chi connectivity index (χ0n) is 12.1. The predicted molar refractivity (Wildman–Crippen MR) is 72.3 cm³/mol. The van der Waals surface area contributed by atoms with Crippen molar-refractivity contribution in [3.8, 4) is 0 Å². The molecule has 5 heteroatoms. The molecule has 5 nitrogen and oxygen atoms in total. The highest BCUT2D eigenvalue weighted by Crippen LogP contribution is 2.13. The number of ether oxygens (including phenoxy) is 2. The number of hydrogen-bond acceptors (Lipinski definition) is 4. The molecular weight excluding hydrogens is 232 g/mol. The van der Waals surface area contributed by atoms with Gasteiger partial charge in [0, 0.05) is 27.2 Å². The lowest BCUT2D eigenvalue weighted by molar-refractivity contribution is -0.122. The Labute approximate surface area is 110 Å². The molecule has 0 aliphatic heterocycles. The quantitative estimate of drug-likeness (QED) is 0.608. The maximum absolute atomic E-state index is 11.8. The Morgan fingerprint density at radius 3 is 2.44 bits per heavy atom. The Kier molecular flexibility index (Phi) is 9.92. The molecule has 0 aromatic rings. The Morgan fingerprint density at radius 1 is 1.33 bits per heavy atom. The molecule has 0 spiro atoms. The topological polar surface area (TPSA) is 73.6 Å². The fraction of sp³-hybridized carbons (Fsp3) is 0.923. The molecule has 0 saturated carbocycles. The first-order valence-electron chi connectivity index (χ1n) is 6.51. The summed E-state index contributed by atoms with van der Waals surface area (Å²) in [6.45, 7) is 5.78. The molecule has 0 saturated heterocycles. The molecule has 0 aromatic carbocycles. The molecule has 1 unspecified atom stereocenters. The highest BCUT2D eigenvalue weighted by Gasteiger charge is 2.15. The van der Waals surface area contributed by atoms with Crippen molar-refractivity contribution in [2.45, 2.75) is 32.8 Å². The van der Waals surface area contributed by atoms with Gasteiger partial charge in [-0.25, -0.2) is 0 Å². The first-order chi connectivity index (χ1) is 8.53. The summed E-state index contributed by atoms with van der Waals surface area (Å²) in [5, 5.41) is 2.86.